The third kappa shape index (κ3) is 4.89. The molecule has 0 amide bonds. The quantitative estimate of drug-likeness (QED) is 0.368. The lowest BCUT2D eigenvalue weighted by Crippen LogP contribution is -2.40. The fourth-order valence-corrected chi connectivity index (χ4v) is 5.88. The lowest BCUT2D eigenvalue weighted by Gasteiger charge is -2.29. The van der Waals surface area contributed by atoms with Crippen LogP contribution in [-0.4, -0.2) is 45.0 Å². The van der Waals surface area contributed by atoms with Gasteiger partial charge in [0.15, 0.2) is 35.9 Å². The third-order valence-electron chi connectivity index (χ3n) is 7.84. The van der Waals surface area contributed by atoms with Crippen LogP contribution in [0.3, 0.4) is 0 Å². The van der Waals surface area contributed by atoms with E-state index in [4.69, 9.17) is 10.5 Å². The minimum Gasteiger partial charge on any atom is -0.481 e. The Morgan fingerprint density at radius 2 is 1.93 bits per heavy atom. The number of aromatic nitrogens is 3. The highest BCUT2D eigenvalue weighted by molar-refractivity contribution is 5.86. The fraction of sp³-hybridized carbons (Fsp3) is 0.333. The summed E-state index contributed by atoms with van der Waals surface area (Å²) in [6, 6.07) is 8.64. The van der Waals surface area contributed by atoms with E-state index in [0.29, 0.717) is 67.4 Å². The molecule has 8 nitrogen and oxygen atoms in total. The van der Waals surface area contributed by atoms with Crippen LogP contribution in [0.1, 0.15) is 36.0 Å². The first-order valence-electron chi connectivity index (χ1n) is 13.5. The number of nitrogens with two attached hydrogens (primary N) is 1. The lowest BCUT2D eigenvalue weighted by atomic mass is 9.98. The molecule has 1 saturated heterocycles. The summed E-state index contributed by atoms with van der Waals surface area (Å²) < 4.78 is 38.6. The molecule has 206 valence electrons. The zero-order valence-corrected chi connectivity index (χ0v) is 22.4. The molecule has 0 saturated carbocycles. The van der Waals surface area contributed by atoms with Gasteiger partial charge in [0.2, 0.25) is 5.88 Å². The maximum atomic E-state index is 14.6. The number of benzene rings is 1. The summed E-state index contributed by atoms with van der Waals surface area (Å²) in [7, 11) is 1.58. The minimum atomic E-state index is -0.972. The number of rotatable bonds is 6. The van der Waals surface area contributed by atoms with Gasteiger partial charge in [-0.3, -0.25) is 4.79 Å². The molecule has 4 aromatic rings. The number of piperidine rings is 1. The molecular weight excluding hydrogens is 514 g/mol. The predicted molar refractivity (Wildman–Crippen MR) is 150 cm³/mol. The predicted octanol–water partition coefficient (Wildman–Crippen LogP) is 4.06. The smallest absolute Gasteiger partial charge is 0.213 e. The molecule has 0 spiro atoms. The number of methoxy groups -OCH3 is 1. The molecule has 0 radical (unpaired) electrons. The molecule has 3 aromatic heterocycles. The van der Waals surface area contributed by atoms with Crippen molar-refractivity contribution in [1.82, 2.24) is 14.5 Å². The van der Waals surface area contributed by atoms with E-state index in [1.165, 1.54) is 5.71 Å². The van der Waals surface area contributed by atoms with Gasteiger partial charge < -0.3 is 19.9 Å². The molecule has 0 unspecified atom stereocenters. The molecular formula is C30H31F2N6O2+. The van der Waals surface area contributed by atoms with Crippen molar-refractivity contribution in [2.75, 3.05) is 30.8 Å². The van der Waals surface area contributed by atoms with Gasteiger partial charge in [-0.1, -0.05) is 0 Å². The number of anilines is 2. The van der Waals surface area contributed by atoms with E-state index in [1.807, 2.05) is 29.0 Å². The molecule has 40 heavy (non-hydrogen) atoms. The van der Waals surface area contributed by atoms with Gasteiger partial charge >= 0.3 is 0 Å². The van der Waals surface area contributed by atoms with Crippen LogP contribution in [-0.2, 0) is 26.1 Å². The van der Waals surface area contributed by atoms with E-state index in [1.54, 1.807) is 25.6 Å². The monoisotopic (exact) mass is 545 g/mol. The van der Waals surface area contributed by atoms with Crippen molar-refractivity contribution in [2.45, 2.75) is 45.3 Å². The van der Waals surface area contributed by atoms with Crippen molar-refractivity contribution in [2.24, 2.45) is 0 Å². The highest BCUT2D eigenvalue weighted by atomic mass is 19.2. The summed E-state index contributed by atoms with van der Waals surface area (Å²) in [6.45, 7) is 3.05. The molecule has 5 heterocycles. The standard InChI is InChI=1S/C30H31F2N6O2/c1-40-27-12-19(8-9-34-27)15-38(22-4-2-10-36(18-22)21-6-7-26(33)35-14-21)17-20-16-37-11-3-5-23-28(32)25(31)13-24(29(23)37)30(20)39/h6-9,12-14,16H,2-5,10-11,15,17-18H2,1H3,(H2,33,35)/q+1. The molecule has 0 aliphatic carbocycles. The van der Waals surface area contributed by atoms with Gasteiger partial charge in [0.25, 0.3) is 0 Å². The summed E-state index contributed by atoms with van der Waals surface area (Å²) >= 11 is 0. The van der Waals surface area contributed by atoms with Crippen molar-refractivity contribution < 1.29 is 18.1 Å². The molecule has 0 bridgehead atoms. The van der Waals surface area contributed by atoms with Crippen LogP contribution in [0.25, 0.3) is 10.9 Å². The Kier molecular flexibility index (Phi) is 6.91. The van der Waals surface area contributed by atoms with Crippen LogP contribution in [0, 0.1) is 11.6 Å². The molecule has 2 aliphatic rings. The second kappa shape index (κ2) is 10.7. The molecule has 2 aliphatic heterocycles. The van der Waals surface area contributed by atoms with E-state index >= 15 is 0 Å². The van der Waals surface area contributed by atoms with Crippen molar-refractivity contribution >= 4 is 28.1 Å². The van der Waals surface area contributed by atoms with E-state index in [9.17, 15) is 13.6 Å². The van der Waals surface area contributed by atoms with E-state index in [-0.39, 0.29) is 10.8 Å². The summed E-state index contributed by atoms with van der Waals surface area (Å²) in [6.07, 6.45) is 8.23. The number of nitrogens with zero attached hydrogens (tertiary/aromatic N) is 5. The number of halogens is 2. The van der Waals surface area contributed by atoms with E-state index < -0.39 is 11.6 Å². The van der Waals surface area contributed by atoms with Gasteiger partial charge in [-0.25, -0.2) is 23.3 Å². The number of pyridine rings is 3. The number of nitrogen functional groups attached to an aromatic ring is 1. The Bertz CT molecular complexity index is 1680. The van der Waals surface area contributed by atoms with Gasteiger partial charge in [0, 0.05) is 54.5 Å². The number of hydrogen-bond acceptors (Lipinski definition) is 6. The zero-order chi connectivity index (χ0) is 27.8. The first-order chi connectivity index (χ1) is 19.4. The maximum absolute atomic E-state index is 14.6. The van der Waals surface area contributed by atoms with Gasteiger partial charge in [-0.15, -0.1) is 0 Å². The highest BCUT2D eigenvalue weighted by Crippen LogP contribution is 2.28. The summed E-state index contributed by atoms with van der Waals surface area (Å²) in [5.74, 6) is -0.837. The second-order valence-electron chi connectivity index (χ2n) is 10.4. The van der Waals surface area contributed by atoms with Crippen molar-refractivity contribution in [3.63, 3.8) is 0 Å². The largest absolute Gasteiger partial charge is 0.481 e. The average molecular weight is 546 g/mol. The van der Waals surface area contributed by atoms with Gasteiger partial charge in [0.1, 0.15) is 5.82 Å². The normalized spacial score (nSPS) is 16.3. The van der Waals surface area contributed by atoms with Crippen molar-refractivity contribution in [1.29, 1.82) is 0 Å². The molecule has 6 rings (SSSR count). The molecule has 1 fully saturated rings. The Balaban J connectivity index is 1.44. The summed E-state index contributed by atoms with van der Waals surface area (Å²) in [5.41, 5.74) is 10.0. The van der Waals surface area contributed by atoms with Crippen LogP contribution >= 0.6 is 0 Å². The van der Waals surface area contributed by atoms with Crippen LogP contribution in [0.4, 0.5) is 20.3 Å². The van der Waals surface area contributed by atoms with Gasteiger partial charge in [-0.2, -0.15) is 0 Å². The highest BCUT2D eigenvalue weighted by Gasteiger charge is 2.27. The number of aryl methyl sites for hydroxylation is 2. The van der Waals surface area contributed by atoms with E-state index in [2.05, 4.69) is 19.4 Å². The summed E-state index contributed by atoms with van der Waals surface area (Å²) in [4.78, 5) is 24.5. The Labute approximate surface area is 230 Å². The van der Waals surface area contributed by atoms with Crippen LogP contribution < -0.4 is 20.8 Å². The Morgan fingerprint density at radius 3 is 2.73 bits per heavy atom. The van der Waals surface area contributed by atoms with Gasteiger partial charge in [0.05, 0.1) is 36.6 Å². The van der Waals surface area contributed by atoms with Gasteiger partial charge in [-0.05, 0) is 43.5 Å². The second-order valence-corrected chi connectivity index (χ2v) is 10.4. The summed E-state index contributed by atoms with van der Waals surface area (Å²) in [5, 5.41) is 0.236. The SMILES string of the molecule is COc1cc(C[N+](Cc2cn3c4c(c(F)c(F)cc4c2=O)CCC3)=C2CCCN(c3ccc(N)nc3)C2)ccn1. The molecule has 1 aromatic carbocycles. The fourth-order valence-electron chi connectivity index (χ4n) is 5.88. The lowest BCUT2D eigenvalue weighted by molar-refractivity contribution is -0.562. The average Bonchev–Trinajstić information content (AvgIpc) is 2.98. The van der Waals surface area contributed by atoms with E-state index in [0.717, 1.165) is 36.7 Å². The molecule has 2 N–H and O–H groups in total. The Morgan fingerprint density at radius 1 is 1.07 bits per heavy atom. The number of hydrogen-bond donors (Lipinski definition) is 1. The van der Waals surface area contributed by atoms with Crippen molar-refractivity contribution in [3.8, 4) is 5.88 Å². The third-order valence-corrected chi connectivity index (χ3v) is 7.84. The topological polar surface area (TPSA) is 89.3 Å². The zero-order valence-electron chi connectivity index (χ0n) is 22.4. The first kappa shape index (κ1) is 25.9. The minimum absolute atomic E-state index is 0.236. The molecule has 0 atom stereocenters. The maximum Gasteiger partial charge on any atom is 0.213 e. The van der Waals surface area contributed by atoms with Crippen molar-refractivity contribution in [3.05, 3.63) is 87.5 Å². The van der Waals surface area contributed by atoms with Crippen LogP contribution in [0.5, 0.6) is 5.88 Å². The first-order valence-corrected chi connectivity index (χ1v) is 13.5. The van der Waals surface area contributed by atoms with Crippen LogP contribution in [0.15, 0.2) is 53.7 Å². The van der Waals surface area contributed by atoms with Crippen LogP contribution in [0.2, 0.25) is 0 Å². The Hall–Kier alpha value is -4.34. The molecule has 10 heteroatoms. The number of ether oxygens (including phenoxy) is 1.